The molecular formula is C8H11ClN4O2. The van der Waals surface area contributed by atoms with Crippen molar-refractivity contribution in [2.45, 2.75) is 6.42 Å². The van der Waals surface area contributed by atoms with Gasteiger partial charge < -0.3 is 15.6 Å². The van der Waals surface area contributed by atoms with Crippen molar-refractivity contribution in [3.8, 4) is 0 Å². The Bertz CT molecular complexity index is 404. The van der Waals surface area contributed by atoms with E-state index in [9.17, 15) is 9.59 Å². The Morgan fingerprint density at radius 2 is 2.40 bits per heavy atom. The monoisotopic (exact) mass is 230 g/mol. The Kier molecular flexibility index (Phi) is 4.11. The van der Waals surface area contributed by atoms with E-state index in [1.54, 1.807) is 7.05 Å². The van der Waals surface area contributed by atoms with Crippen molar-refractivity contribution in [2.24, 2.45) is 0 Å². The van der Waals surface area contributed by atoms with Gasteiger partial charge in [0, 0.05) is 20.0 Å². The van der Waals surface area contributed by atoms with Gasteiger partial charge in [-0.05, 0) is 0 Å². The van der Waals surface area contributed by atoms with Crippen LogP contribution in [0.25, 0.3) is 0 Å². The molecule has 0 atom stereocenters. The molecule has 0 radical (unpaired) electrons. The molecule has 1 aromatic heterocycles. The second kappa shape index (κ2) is 5.35. The number of rotatable bonds is 4. The summed E-state index contributed by atoms with van der Waals surface area (Å²) in [6.07, 6.45) is 1.54. The molecule has 0 aliphatic carbocycles. The SMILES string of the molecule is CNC(=O)CCNc1nc[nH]c(=O)c1Cl. The number of aromatic nitrogens is 2. The lowest BCUT2D eigenvalue weighted by atomic mass is 10.4. The molecule has 0 fully saturated rings. The third-order valence-electron chi connectivity index (χ3n) is 1.72. The molecule has 0 aromatic carbocycles. The van der Waals surface area contributed by atoms with Gasteiger partial charge in [-0.25, -0.2) is 4.98 Å². The molecule has 0 unspecified atom stereocenters. The Morgan fingerprint density at radius 1 is 1.67 bits per heavy atom. The summed E-state index contributed by atoms with van der Waals surface area (Å²) in [4.78, 5) is 28.1. The highest BCUT2D eigenvalue weighted by Crippen LogP contribution is 2.11. The fourth-order valence-corrected chi connectivity index (χ4v) is 1.10. The number of halogens is 1. The molecule has 1 amide bonds. The number of nitrogens with zero attached hydrogens (tertiary/aromatic N) is 1. The first-order valence-electron chi connectivity index (χ1n) is 4.32. The number of hydrogen-bond acceptors (Lipinski definition) is 4. The molecule has 82 valence electrons. The number of nitrogens with one attached hydrogen (secondary N) is 3. The van der Waals surface area contributed by atoms with Crippen molar-refractivity contribution in [2.75, 3.05) is 18.9 Å². The number of hydrogen-bond donors (Lipinski definition) is 3. The van der Waals surface area contributed by atoms with E-state index in [0.29, 0.717) is 13.0 Å². The van der Waals surface area contributed by atoms with Crippen LogP contribution in [0.15, 0.2) is 11.1 Å². The summed E-state index contributed by atoms with van der Waals surface area (Å²) in [5, 5.41) is 5.27. The van der Waals surface area contributed by atoms with Gasteiger partial charge in [0.05, 0.1) is 6.33 Å². The molecule has 0 aliphatic rings. The minimum absolute atomic E-state index is 0.00518. The second-order valence-corrected chi connectivity index (χ2v) is 3.12. The zero-order chi connectivity index (χ0) is 11.3. The van der Waals surface area contributed by atoms with Gasteiger partial charge in [-0.2, -0.15) is 0 Å². The summed E-state index contributed by atoms with van der Waals surface area (Å²) in [7, 11) is 1.56. The lowest BCUT2D eigenvalue weighted by Crippen LogP contribution is -2.21. The number of carbonyl (C=O) groups is 1. The van der Waals surface area contributed by atoms with E-state index in [-0.39, 0.29) is 16.7 Å². The molecule has 7 heteroatoms. The molecular weight excluding hydrogens is 220 g/mol. The topological polar surface area (TPSA) is 86.9 Å². The summed E-state index contributed by atoms with van der Waals surface area (Å²) in [5.74, 6) is 0.188. The Labute approximate surface area is 91.1 Å². The fourth-order valence-electron chi connectivity index (χ4n) is 0.926. The minimum Gasteiger partial charge on any atom is -0.368 e. The quantitative estimate of drug-likeness (QED) is 0.678. The largest absolute Gasteiger partial charge is 0.368 e. The maximum absolute atomic E-state index is 11.0. The second-order valence-electron chi connectivity index (χ2n) is 2.74. The number of H-pyrrole nitrogens is 1. The molecule has 0 bridgehead atoms. The van der Waals surface area contributed by atoms with Crippen LogP contribution in [0, 0.1) is 0 Å². The fraction of sp³-hybridized carbons (Fsp3) is 0.375. The summed E-state index contributed by atoms with van der Waals surface area (Å²) in [6, 6.07) is 0. The molecule has 0 saturated carbocycles. The van der Waals surface area contributed by atoms with Crippen LogP contribution in [-0.2, 0) is 4.79 Å². The third kappa shape index (κ3) is 3.25. The first kappa shape index (κ1) is 11.5. The minimum atomic E-state index is -0.408. The lowest BCUT2D eigenvalue weighted by molar-refractivity contribution is -0.120. The molecule has 0 spiro atoms. The van der Waals surface area contributed by atoms with Crippen LogP contribution in [-0.4, -0.2) is 29.5 Å². The molecule has 15 heavy (non-hydrogen) atoms. The average Bonchev–Trinajstić information content (AvgIpc) is 2.24. The van der Waals surface area contributed by atoms with Gasteiger partial charge in [-0.3, -0.25) is 9.59 Å². The maximum atomic E-state index is 11.0. The third-order valence-corrected chi connectivity index (χ3v) is 2.07. The van der Waals surface area contributed by atoms with Crippen molar-refractivity contribution in [3.63, 3.8) is 0 Å². The van der Waals surface area contributed by atoms with Crippen molar-refractivity contribution in [3.05, 3.63) is 21.7 Å². The molecule has 0 aliphatic heterocycles. The van der Waals surface area contributed by atoms with Crippen LogP contribution >= 0.6 is 11.6 Å². The molecule has 0 saturated heterocycles. The van der Waals surface area contributed by atoms with Crippen LogP contribution in [0.2, 0.25) is 5.02 Å². The Balaban J connectivity index is 2.55. The molecule has 3 N–H and O–H groups in total. The summed E-state index contributed by atoms with van der Waals surface area (Å²) < 4.78 is 0. The first-order valence-corrected chi connectivity index (χ1v) is 4.70. The van der Waals surface area contributed by atoms with Gasteiger partial charge >= 0.3 is 0 Å². The Hall–Kier alpha value is -1.56. The van der Waals surface area contributed by atoms with Crippen LogP contribution in [0.1, 0.15) is 6.42 Å². The summed E-state index contributed by atoms with van der Waals surface area (Å²) >= 11 is 5.67. The van der Waals surface area contributed by atoms with Crippen molar-refractivity contribution < 1.29 is 4.79 Å². The summed E-state index contributed by atoms with van der Waals surface area (Å²) in [6.45, 7) is 0.371. The average molecular weight is 231 g/mol. The Morgan fingerprint density at radius 3 is 3.07 bits per heavy atom. The maximum Gasteiger partial charge on any atom is 0.271 e. The van der Waals surface area contributed by atoms with Crippen molar-refractivity contribution >= 4 is 23.3 Å². The van der Waals surface area contributed by atoms with Crippen LogP contribution in [0.4, 0.5) is 5.82 Å². The van der Waals surface area contributed by atoms with E-state index in [0.717, 1.165) is 0 Å². The smallest absolute Gasteiger partial charge is 0.271 e. The van der Waals surface area contributed by atoms with Crippen molar-refractivity contribution in [1.29, 1.82) is 0 Å². The van der Waals surface area contributed by atoms with Gasteiger partial charge in [-0.15, -0.1) is 0 Å². The predicted molar refractivity (Wildman–Crippen MR) is 57.0 cm³/mol. The standard InChI is InChI=1S/C8H11ClN4O2/c1-10-5(14)2-3-11-7-6(9)8(15)13-4-12-7/h4H,2-3H2,1H3,(H,10,14)(H2,11,12,13,15). The van der Waals surface area contributed by atoms with E-state index < -0.39 is 5.56 Å². The van der Waals surface area contributed by atoms with Crippen LogP contribution in [0.3, 0.4) is 0 Å². The zero-order valence-electron chi connectivity index (χ0n) is 8.13. The predicted octanol–water partition coefficient (Wildman–Crippen LogP) is -0.0287. The van der Waals surface area contributed by atoms with Gasteiger partial charge in [0.1, 0.15) is 5.02 Å². The van der Waals surface area contributed by atoms with E-state index in [2.05, 4.69) is 20.6 Å². The van der Waals surface area contributed by atoms with Gasteiger partial charge in [0.25, 0.3) is 5.56 Å². The van der Waals surface area contributed by atoms with Gasteiger partial charge in [0.15, 0.2) is 5.82 Å². The highest BCUT2D eigenvalue weighted by atomic mass is 35.5. The number of aromatic amines is 1. The van der Waals surface area contributed by atoms with Gasteiger partial charge in [0.2, 0.25) is 5.91 Å². The van der Waals surface area contributed by atoms with Crippen LogP contribution in [0.5, 0.6) is 0 Å². The van der Waals surface area contributed by atoms with Crippen LogP contribution < -0.4 is 16.2 Å². The van der Waals surface area contributed by atoms with E-state index in [1.165, 1.54) is 6.33 Å². The molecule has 1 rings (SSSR count). The summed E-state index contributed by atoms with van der Waals surface area (Å²) in [5.41, 5.74) is -0.408. The molecule has 1 heterocycles. The highest BCUT2D eigenvalue weighted by molar-refractivity contribution is 6.32. The molecule has 1 aromatic rings. The zero-order valence-corrected chi connectivity index (χ0v) is 8.89. The highest BCUT2D eigenvalue weighted by Gasteiger charge is 2.05. The van der Waals surface area contributed by atoms with E-state index in [4.69, 9.17) is 11.6 Å². The first-order chi connectivity index (χ1) is 7.15. The molecule has 6 nitrogen and oxygen atoms in total. The van der Waals surface area contributed by atoms with Crippen molar-refractivity contribution in [1.82, 2.24) is 15.3 Å². The normalized spacial score (nSPS) is 9.73. The number of amides is 1. The number of anilines is 1. The lowest BCUT2D eigenvalue weighted by Gasteiger charge is -2.05. The number of carbonyl (C=O) groups excluding carboxylic acids is 1. The van der Waals surface area contributed by atoms with E-state index >= 15 is 0 Å². The van der Waals surface area contributed by atoms with E-state index in [1.807, 2.05) is 0 Å². The van der Waals surface area contributed by atoms with Gasteiger partial charge in [-0.1, -0.05) is 11.6 Å².